The molecule has 1 fully saturated rings. The van der Waals surface area contributed by atoms with E-state index in [0.29, 0.717) is 23.5 Å². The van der Waals surface area contributed by atoms with Crippen molar-refractivity contribution in [3.63, 3.8) is 0 Å². The van der Waals surface area contributed by atoms with Crippen molar-refractivity contribution in [2.45, 2.75) is 13.3 Å². The highest BCUT2D eigenvalue weighted by Gasteiger charge is 2.18. The van der Waals surface area contributed by atoms with E-state index >= 15 is 0 Å². The van der Waals surface area contributed by atoms with Crippen molar-refractivity contribution in [2.24, 2.45) is 0 Å². The molecule has 0 unspecified atom stereocenters. The Labute approximate surface area is 170 Å². The first-order valence-electron chi connectivity index (χ1n) is 9.81. The smallest absolute Gasteiger partial charge is 0.233 e. The Balaban J connectivity index is 1.47. The number of para-hydroxylation sites is 1. The fourth-order valence-corrected chi connectivity index (χ4v) is 3.02. The molecule has 3 aromatic rings. The molecule has 1 saturated heterocycles. The molecule has 29 heavy (non-hydrogen) atoms. The van der Waals surface area contributed by atoms with Crippen LogP contribution in [0.25, 0.3) is 0 Å². The van der Waals surface area contributed by atoms with E-state index in [1.54, 1.807) is 0 Å². The second kappa shape index (κ2) is 8.78. The molecule has 4 rings (SSSR count). The predicted molar refractivity (Wildman–Crippen MR) is 114 cm³/mol. The summed E-state index contributed by atoms with van der Waals surface area (Å²) in [4.78, 5) is 18.2. The standard InChI is InChI=1S/C20H25N9/c1-3-16-22-19(25-20(24-16)29-13-11-28(2)12-14-29)23-18-10-9-17(26-27-18)21-15-7-5-4-6-8-15/h4-10H,3,11-14H2,1-2H3,(H,21,26)(H,22,23,24,25,27). The van der Waals surface area contributed by atoms with Crippen LogP contribution >= 0.6 is 0 Å². The lowest BCUT2D eigenvalue weighted by atomic mass is 10.3. The van der Waals surface area contributed by atoms with Gasteiger partial charge in [0.05, 0.1) is 0 Å². The molecule has 0 radical (unpaired) electrons. The average molecular weight is 391 g/mol. The van der Waals surface area contributed by atoms with Crippen molar-refractivity contribution < 1.29 is 0 Å². The van der Waals surface area contributed by atoms with E-state index in [1.807, 2.05) is 49.4 Å². The van der Waals surface area contributed by atoms with Crippen LogP contribution in [0.2, 0.25) is 0 Å². The van der Waals surface area contributed by atoms with Crippen molar-refractivity contribution in [1.82, 2.24) is 30.0 Å². The van der Waals surface area contributed by atoms with Gasteiger partial charge >= 0.3 is 0 Å². The predicted octanol–water partition coefficient (Wildman–Crippen LogP) is 2.46. The third kappa shape index (κ3) is 4.94. The van der Waals surface area contributed by atoms with Gasteiger partial charge in [-0.05, 0) is 31.3 Å². The lowest BCUT2D eigenvalue weighted by Gasteiger charge is -2.32. The summed E-state index contributed by atoms with van der Waals surface area (Å²) in [5, 5.41) is 14.8. The first kappa shape index (κ1) is 19.0. The molecule has 2 aromatic heterocycles. The van der Waals surface area contributed by atoms with Crippen molar-refractivity contribution in [3.8, 4) is 0 Å². The Morgan fingerprint density at radius 2 is 1.52 bits per heavy atom. The molecule has 0 saturated carbocycles. The summed E-state index contributed by atoms with van der Waals surface area (Å²) in [5.74, 6) is 3.21. The molecule has 1 aliphatic heterocycles. The molecule has 1 aromatic carbocycles. The zero-order chi connectivity index (χ0) is 20.1. The lowest BCUT2D eigenvalue weighted by Crippen LogP contribution is -2.45. The molecule has 3 heterocycles. The number of benzene rings is 1. The third-order valence-corrected chi connectivity index (χ3v) is 4.72. The molecule has 9 heteroatoms. The molecule has 0 spiro atoms. The van der Waals surface area contributed by atoms with E-state index in [4.69, 9.17) is 0 Å². The molecule has 150 valence electrons. The minimum atomic E-state index is 0.490. The first-order valence-corrected chi connectivity index (χ1v) is 9.81. The third-order valence-electron chi connectivity index (χ3n) is 4.72. The van der Waals surface area contributed by atoms with Crippen LogP contribution in [0.3, 0.4) is 0 Å². The molecule has 0 aliphatic carbocycles. The molecule has 9 nitrogen and oxygen atoms in total. The molecule has 0 amide bonds. The Morgan fingerprint density at radius 3 is 2.17 bits per heavy atom. The normalized spacial score (nSPS) is 14.6. The molecular weight excluding hydrogens is 366 g/mol. The largest absolute Gasteiger partial charge is 0.339 e. The fourth-order valence-electron chi connectivity index (χ4n) is 3.02. The monoisotopic (exact) mass is 391 g/mol. The highest BCUT2D eigenvalue weighted by Crippen LogP contribution is 2.18. The van der Waals surface area contributed by atoms with Gasteiger partial charge in [0.1, 0.15) is 5.82 Å². The summed E-state index contributed by atoms with van der Waals surface area (Å²) in [5.41, 5.74) is 0.962. The van der Waals surface area contributed by atoms with Gasteiger partial charge in [0, 0.05) is 38.3 Å². The highest BCUT2D eigenvalue weighted by molar-refractivity contribution is 5.57. The molecule has 0 bridgehead atoms. The number of hydrogen-bond donors (Lipinski definition) is 2. The maximum atomic E-state index is 4.61. The quantitative estimate of drug-likeness (QED) is 0.657. The summed E-state index contributed by atoms with van der Waals surface area (Å²) >= 11 is 0. The van der Waals surface area contributed by atoms with E-state index < -0.39 is 0 Å². The van der Waals surface area contributed by atoms with Gasteiger partial charge in [-0.3, -0.25) is 0 Å². The molecule has 0 atom stereocenters. The number of nitrogens with zero attached hydrogens (tertiary/aromatic N) is 7. The van der Waals surface area contributed by atoms with Crippen molar-refractivity contribution in [1.29, 1.82) is 0 Å². The summed E-state index contributed by atoms with van der Waals surface area (Å²) in [6.07, 6.45) is 0.740. The summed E-state index contributed by atoms with van der Waals surface area (Å²) in [7, 11) is 2.13. The van der Waals surface area contributed by atoms with Crippen molar-refractivity contribution in [3.05, 3.63) is 48.3 Å². The van der Waals surface area contributed by atoms with Crippen LogP contribution in [0.5, 0.6) is 0 Å². The number of aromatic nitrogens is 5. The van der Waals surface area contributed by atoms with Crippen LogP contribution in [0.1, 0.15) is 12.7 Å². The summed E-state index contributed by atoms with van der Waals surface area (Å²) in [6, 6.07) is 13.6. The zero-order valence-corrected chi connectivity index (χ0v) is 16.7. The maximum absolute atomic E-state index is 4.61. The minimum Gasteiger partial charge on any atom is -0.339 e. The van der Waals surface area contributed by atoms with Gasteiger partial charge in [-0.2, -0.15) is 15.0 Å². The van der Waals surface area contributed by atoms with Gasteiger partial charge in [-0.1, -0.05) is 25.1 Å². The van der Waals surface area contributed by atoms with Crippen LogP contribution < -0.4 is 15.5 Å². The lowest BCUT2D eigenvalue weighted by molar-refractivity contribution is 0.311. The van der Waals surface area contributed by atoms with Gasteiger partial charge in [-0.15, -0.1) is 10.2 Å². The van der Waals surface area contributed by atoms with Crippen LogP contribution in [0.15, 0.2) is 42.5 Å². The Morgan fingerprint density at radius 1 is 0.828 bits per heavy atom. The molecule has 2 N–H and O–H groups in total. The second-order valence-electron chi connectivity index (χ2n) is 6.94. The number of rotatable bonds is 6. The van der Waals surface area contributed by atoms with E-state index in [1.165, 1.54) is 0 Å². The van der Waals surface area contributed by atoms with Crippen LogP contribution in [-0.4, -0.2) is 63.3 Å². The van der Waals surface area contributed by atoms with E-state index in [0.717, 1.165) is 44.1 Å². The topological polar surface area (TPSA) is 95.0 Å². The number of aryl methyl sites for hydroxylation is 1. The van der Waals surface area contributed by atoms with Gasteiger partial charge < -0.3 is 20.4 Å². The van der Waals surface area contributed by atoms with Crippen molar-refractivity contribution in [2.75, 3.05) is 48.8 Å². The fraction of sp³-hybridized carbons (Fsp3) is 0.350. The van der Waals surface area contributed by atoms with Crippen LogP contribution in [0, 0.1) is 0 Å². The van der Waals surface area contributed by atoms with E-state index in [2.05, 4.69) is 52.6 Å². The first-order chi connectivity index (χ1) is 14.2. The van der Waals surface area contributed by atoms with Gasteiger partial charge in [0.15, 0.2) is 11.6 Å². The summed E-state index contributed by atoms with van der Waals surface area (Å²) in [6.45, 7) is 5.84. The van der Waals surface area contributed by atoms with E-state index in [9.17, 15) is 0 Å². The highest BCUT2D eigenvalue weighted by atomic mass is 15.3. The average Bonchev–Trinajstić information content (AvgIpc) is 2.76. The Hall–Kier alpha value is -3.33. The number of nitrogens with one attached hydrogen (secondary N) is 2. The number of likely N-dealkylation sites (N-methyl/N-ethyl adjacent to an activating group) is 1. The number of piperazine rings is 1. The number of hydrogen-bond acceptors (Lipinski definition) is 9. The minimum absolute atomic E-state index is 0.490. The summed E-state index contributed by atoms with van der Waals surface area (Å²) < 4.78 is 0. The second-order valence-corrected chi connectivity index (χ2v) is 6.94. The molecular formula is C20H25N9. The zero-order valence-electron chi connectivity index (χ0n) is 16.7. The van der Waals surface area contributed by atoms with Crippen molar-refractivity contribution >= 4 is 29.2 Å². The van der Waals surface area contributed by atoms with Gasteiger partial charge in [0.25, 0.3) is 0 Å². The maximum Gasteiger partial charge on any atom is 0.233 e. The van der Waals surface area contributed by atoms with Crippen LogP contribution in [-0.2, 0) is 6.42 Å². The Bertz CT molecular complexity index is 922. The van der Waals surface area contributed by atoms with Crippen LogP contribution in [0.4, 0.5) is 29.2 Å². The van der Waals surface area contributed by atoms with Gasteiger partial charge in [-0.25, -0.2) is 0 Å². The molecule has 1 aliphatic rings. The van der Waals surface area contributed by atoms with E-state index in [-0.39, 0.29) is 0 Å². The SMILES string of the molecule is CCc1nc(Nc2ccc(Nc3ccccc3)nn2)nc(N2CCN(C)CC2)n1. The van der Waals surface area contributed by atoms with Gasteiger partial charge in [0.2, 0.25) is 11.9 Å². The number of anilines is 5. The Kier molecular flexibility index (Phi) is 5.76.